The Bertz CT molecular complexity index is 584. The number of carbonyl (C=O) groups is 1. The molecule has 1 fully saturated rings. The van der Waals surface area contributed by atoms with Crippen molar-refractivity contribution < 1.29 is 4.79 Å². The summed E-state index contributed by atoms with van der Waals surface area (Å²) in [6.07, 6.45) is 3.18. The van der Waals surface area contributed by atoms with Crippen LogP contribution in [0.2, 0.25) is 0 Å². The lowest BCUT2D eigenvalue weighted by Gasteiger charge is -2.20. The van der Waals surface area contributed by atoms with Gasteiger partial charge in [0.1, 0.15) is 0 Å². The van der Waals surface area contributed by atoms with Crippen LogP contribution in [-0.4, -0.2) is 23.3 Å². The van der Waals surface area contributed by atoms with E-state index in [1.165, 1.54) is 23.3 Å². The molecular formula is C18H21NOS. The first-order chi connectivity index (χ1) is 10.2. The van der Waals surface area contributed by atoms with E-state index in [4.69, 9.17) is 0 Å². The molecule has 21 heavy (non-hydrogen) atoms. The van der Waals surface area contributed by atoms with Crippen LogP contribution in [0.25, 0.3) is 0 Å². The zero-order valence-electron chi connectivity index (χ0n) is 12.4. The molecule has 0 aliphatic heterocycles. The minimum absolute atomic E-state index is 0.256. The van der Waals surface area contributed by atoms with Gasteiger partial charge in [0.15, 0.2) is 5.78 Å². The zero-order valence-corrected chi connectivity index (χ0v) is 13.2. The Morgan fingerprint density at radius 1 is 1.24 bits per heavy atom. The summed E-state index contributed by atoms with van der Waals surface area (Å²) in [5.74, 6) is 0.256. The zero-order chi connectivity index (χ0) is 14.7. The molecule has 0 amide bonds. The number of hydrogen-bond acceptors (Lipinski definition) is 3. The largest absolute Gasteiger partial charge is 0.295 e. The number of nitrogens with zero attached hydrogens (tertiary/aromatic N) is 1. The van der Waals surface area contributed by atoms with E-state index in [9.17, 15) is 4.79 Å². The lowest BCUT2D eigenvalue weighted by molar-refractivity contribution is 0.0960. The Hall–Kier alpha value is -1.45. The smallest absolute Gasteiger partial charge is 0.164 e. The van der Waals surface area contributed by atoms with E-state index >= 15 is 0 Å². The van der Waals surface area contributed by atoms with Crippen molar-refractivity contribution in [3.05, 3.63) is 57.8 Å². The average Bonchev–Trinajstić information content (AvgIpc) is 3.21. The van der Waals surface area contributed by atoms with Crippen molar-refractivity contribution in [3.63, 3.8) is 0 Å². The number of rotatable bonds is 7. The first-order valence-electron chi connectivity index (χ1n) is 7.58. The summed E-state index contributed by atoms with van der Waals surface area (Å²) in [6.45, 7) is 3.91. The van der Waals surface area contributed by atoms with E-state index in [1.54, 1.807) is 11.3 Å². The van der Waals surface area contributed by atoms with E-state index in [2.05, 4.69) is 22.4 Å². The fourth-order valence-corrected chi connectivity index (χ4v) is 3.29. The summed E-state index contributed by atoms with van der Waals surface area (Å²) >= 11 is 1.80. The topological polar surface area (TPSA) is 20.3 Å². The molecule has 3 rings (SSSR count). The molecule has 0 bridgehead atoms. The second kappa shape index (κ2) is 6.54. The molecular weight excluding hydrogens is 278 g/mol. The molecule has 110 valence electrons. The maximum absolute atomic E-state index is 12.3. The molecule has 0 spiro atoms. The van der Waals surface area contributed by atoms with Crippen molar-refractivity contribution in [1.82, 2.24) is 4.90 Å². The molecule has 1 aliphatic carbocycles. The van der Waals surface area contributed by atoms with Crippen LogP contribution < -0.4 is 0 Å². The van der Waals surface area contributed by atoms with Crippen molar-refractivity contribution in [3.8, 4) is 0 Å². The highest BCUT2D eigenvalue weighted by atomic mass is 32.1. The van der Waals surface area contributed by atoms with Gasteiger partial charge >= 0.3 is 0 Å². The van der Waals surface area contributed by atoms with Crippen molar-refractivity contribution in [1.29, 1.82) is 0 Å². The van der Waals surface area contributed by atoms with Gasteiger partial charge in [0.25, 0.3) is 0 Å². The van der Waals surface area contributed by atoms with Gasteiger partial charge in [-0.2, -0.15) is 0 Å². The van der Waals surface area contributed by atoms with Crippen LogP contribution >= 0.6 is 11.3 Å². The van der Waals surface area contributed by atoms with E-state index < -0.39 is 0 Å². The quantitative estimate of drug-likeness (QED) is 0.711. The number of carbonyl (C=O) groups excluding carboxylic acids is 1. The van der Waals surface area contributed by atoms with E-state index in [0.717, 1.165) is 18.7 Å². The van der Waals surface area contributed by atoms with Crippen molar-refractivity contribution in [2.75, 3.05) is 6.54 Å². The number of thiophene rings is 1. The Balaban J connectivity index is 1.56. The summed E-state index contributed by atoms with van der Waals surface area (Å²) in [5.41, 5.74) is 2.04. The maximum atomic E-state index is 12.3. The summed E-state index contributed by atoms with van der Waals surface area (Å²) in [4.78, 5) is 16.1. The third-order valence-corrected chi connectivity index (χ3v) is 4.86. The van der Waals surface area contributed by atoms with Crippen LogP contribution in [0.5, 0.6) is 0 Å². The van der Waals surface area contributed by atoms with Crippen molar-refractivity contribution in [2.24, 2.45) is 0 Å². The molecule has 1 heterocycles. The van der Waals surface area contributed by atoms with Gasteiger partial charge in [-0.25, -0.2) is 0 Å². The third-order valence-electron chi connectivity index (χ3n) is 4.00. The summed E-state index contributed by atoms with van der Waals surface area (Å²) in [6, 6.07) is 12.9. The van der Waals surface area contributed by atoms with Crippen molar-refractivity contribution >= 4 is 17.1 Å². The van der Waals surface area contributed by atoms with Crippen molar-refractivity contribution in [2.45, 2.75) is 38.8 Å². The fourth-order valence-electron chi connectivity index (χ4n) is 2.56. The Labute approximate surface area is 130 Å². The van der Waals surface area contributed by atoms with Gasteiger partial charge in [-0.05, 0) is 31.2 Å². The lowest BCUT2D eigenvalue weighted by Crippen LogP contribution is -2.27. The number of ketones is 1. The normalized spacial score (nSPS) is 14.6. The third kappa shape index (κ3) is 4.02. The molecule has 2 nitrogen and oxygen atoms in total. The monoisotopic (exact) mass is 299 g/mol. The predicted octanol–water partition coefficient (Wildman–Crippen LogP) is 4.29. The molecule has 0 atom stereocenters. The van der Waals surface area contributed by atoms with E-state index in [0.29, 0.717) is 12.5 Å². The van der Waals surface area contributed by atoms with Crippen LogP contribution in [0.15, 0.2) is 41.8 Å². The molecule has 1 saturated carbocycles. The van der Waals surface area contributed by atoms with Crippen LogP contribution in [0, 0.1) is 6.92 Å². The lowest BCUT2D eigenvalue weighted by atomic mass is 10.1. The number of benzene rings is 1. The van der Waals surface area contributed by atoms with Gasteiger partial charge in [0, 0.05) is 36.0 Å². The second-order valence-electron chi connectivity index (χ2n) is 5.82. The minimum Gasteiger partial charge on any atom is -0.295 e. The molecule has 0 unspecified atom stereocenters. The number of hydrogen-bond donors (Lipinski definition) is 0. The van der Waals surface area contributed by atoms with E-state index in [-0.39, 0.29) is 5.78 Å². The SMILES string of the molecule is Cc1ccc(C(=O)CCN(Cc2cccs2)C2CC2)cc1. The van der Waals surface area contributed by atoms with Gasteiger partial charge in [0.05, 0.1) is 0 Å². The Morgan fingerprint density at radius 2 is 2.00 bits per heavy atom. The molecule has 1 aliphatic rings. The molecule has 1 aromatic carbocycles. The van der Waals surface area contributed by atoms with Crippen LogP contribution in [-0.2, 0) is 6.54 Å². The molecule has 3 heteroatoms. The predicted molar refractivity (Wildman–Crippen MR) is 87.9 cm³/mol. The standard InChI is InChI=1S/C18H21NOS/c1-14-4-6-15(7-5-14)18(20)10-11-19(16-8-9-16)13-17-3-2-12-21-17/h2-7,12,16H,8-11,13H2,1H3. The summed E-state index contributed by atoms with van der Waals surface area (Å²) < 4.78 is 0. The number of aryl methyl sites for hydroxylation is 1. The Kier molecular flexibility index (Phi) is 4.51. The molecule has 0 radical (unpaired) electrons. The molecule has 0 saturated heterocycles. The van der Waals surface area contributed by atoms with Crippen LogP contribution in [0.1, 0.15) is 40.1 Å². The molecule has 2 aromatic rings. The van der Waals surface area contributed by atoms with Gasteiger partial charge in [0.2, 0.25) is 0 Å². The second-order valence-corrected chi connectivity index (χ2v) is 6.85. The molecule has 1 aromatic heterocycles. The first kappa shape index (κ1) is 14.5. The highest BCUT2D eigenvalue weighted by Crippen LogP contribution is 2.29. The van der Waals surface area contributed by atoms with Gasteiger partial charge in [-0.3, -0.25) is 9.69 Å². The van der Waals surface area contributed by atoms with Gasteiger partial charge < -0.3 is 0 Å². The average molecular weight is 299 g/mol. The number of Topliss-reactive ketones (excluding diaryl/α,β-unsaturated/α-hetero) is 1. The Morgan fingerprint density at radius 3 is 2.62 bits per heavy atom. The maximum Gasteiger partial charge on any atom is 0.164 e. The fraction of sp³-hybridized carbons (Fsp3) is 0.389. The first-order valence-corrected chi connectivity index (χ1v) is 8.46. The van der Waals surface area contributed by atoms with Gasteiger partial charge in [-0.15, -0.1) is 11.3 Å². The van der Waals surface area contributed by atoms with E-state index in [1.807, 2.05) is 31.2 Å². The molecule has 0 N–H and O–H groups in total. The minimum atomic E-state index is 0.256. The van der Waals surface area contributed by atoms with Gasteiger partial charge in [-0.1, -0.05) is 35.9 Å². The highest BCUT2D eigenvalue weighted by Gasteiger charge is 2.29. The summed E-state index contributed by atoms with van der Waals surface area (Å²) in [5, 5.41) is 2.12. The highest BCUT2D eigenvalue weighted by molar-refractivity contribution is 7.09. The van der Waals surface area contributed by atoms with Crippen LogP contribution in [0.3, 0.4) is 0 Å². The summed E-state index contributed by atoms with van der Waals surface area (Å²) in [7, 11) is 0. The van der Waals surface area contributed by atoms with Crippen LogP contribution in [0.4, 0.5) is 0 Å².